The summed E-state index contributed by atoms with van der Waals surface area (Å²) in [6.45, 7) is 12.5. The maximum Gasteiger partial charge on any atom is 0.223 e. The molecule has 1 aromatic heterocycles. The lowest BCUT2D eigenvalue weighted by molar-refractivity contribution is 1.15. The Hall–Kier alpha value is -2.26. The van der Waals surface area contributed by atoms with E-state index < -0.39 is 0 Å². The molecular weight excluding hydrogens is 270 g/mol. The fourth-order valence-corrected chi connectivity index (χ4v) is 1.71. The Morgan fingerprint density at radius 3 is 2.25 bits per heavy atom. The molecule has 2 aromatic rings. The van der Waals surface area contributed by atoms with Gasteiger partial charge in [-0.25, -0.2) is 9.97 Å². The van der Waals surface area contributed by atoms with Gasteiger partial charge in [0.05, 0.1) is 5.69 Å². The van der Waals surface area contributed by atoms with Gasteiger partial charge in [-0.15, -0.1) is 6.58 Å². The van der Waals surface area contributed by atoms with E-state index in [1.54, 1.807) is 12.2 Å². The van der Waals surface area contributed by atoms with Crippen molar-refractivity contribution in [2.75, 3.05) is 0 Å². The summed E-state index contributed by atoms with van der Waals surface area (Å²) in [5.74, 6) is 0. The summed E-state index contributed by atoms with van der Waals surface area (Å²) in [7, 11) is 0. The quantitative estimate of drug-likeness (QED) is 0.454. The lowest BCUT2D eigenvalue weighted by Crippen LogP contribution is -1.92. The third-order valence-corrected chi connectivity index (χ3v) is 2.45. The van der Waals surface area contributed by atoms with Crippen LogP contribution in [0.3, 0.4) is 0 Å². The molecule has 0 unspecified atom stereocenters. The van der Waals surface area contributed by atoms with E-state index in [2.05, 4.69) is 34.8 Å². The SMILES string of the molecule is C=CC.C=Cc1nc(Cl)nc(-c2ccccc2)c1N=C. The highest BCUT2D eigenvalue weighted by Gasteiger charge is 2.11. The first-order valence-corrected chi connectivity index (χ1v) is 6.34. The summed E-state index contributed by atoms with van der Waals surface area (Å²) in [6, 6.07) is 9.64. The molecule has 0 saturated carbocycles. The topological polar surface area (TPSA) is 38.1 Å². The van der Waals surface area contributed by atoms with Crippen molar-refractivity contribution in [2.24, 2.45) is 4.99 Å². The zero-order valence-corrected chi connectivity index (χ0v) is 12.1. The third-order valence-electron chi connectivity index (χ3n) is 2.28. The van der Waals surface area contributed by atoms with Crippen LogP contribution in [0.5, 0.6) is 0 Å². The molecule has 0 N–H and O–H groups in total. The predicted octanol–water partition coefficient (Wildman–Crippen LogP) is 4.96. The summed E-state index contributed by atoms with van der Waals surface area (Å²) >= 11 is 5.88. The van der Waals surface area contributed by atoms with Crippen LogP contribution in [0.1, 0.15) is 12.6 Å². The standard InChI is InChI=1S/C13H10ClN3.C3H6/c1-3-10-12(15-2)11(17-13(14)16-10)9-7-5-4-6-8-9;1-3-2/h3-8H,1-2H2;3H,1H2,2H3. The van der Waals surface area contributed by atoms with Gasteiger partial charge in [-0.1, -0.05) is 43.0 Å². The van der Waals surface area contributed by atoms with Crippen molar-refractivity contribution in [3.8, 4) is 11.3 Å². The van der Waals surface area contributed by atoms with Gasteiger partial charge in [0, 0.05) is 5.56 Å². The Morgan fingerprint density at radius 2 is 1.75 bits per heavy atom. The Balaban J connectivity index is 0.000000612. The number of nitrogens with zero attached hydrogens (tertiary/aromatic N) is 3. The third kappa shape index (κ3) is 3.87. The molecule has 0 atom stereocenters. The number of rotatable bonds is 3. The minimum absolute atomic E-state index is 0.172. The van der Waals surface area contributed by atoms with E-state index in [4.69, 9.17) is 11.6 Å². The first-order chi connectivity index (χ1) is 9.67. The highest BCUT2D eigenvalue weighted by atomic mass is 35.5. The Morgan fingerprint density at radius 1 is 1.15 bits per heavy atom. The van der Waals surface area contributed by atoms with Crippen LogP contribution in [0.15, 0.2) is 54.6 Å². The monoisotopic (exact) mass is 285 g/mol. The zero-order valence-electron chi connectivity index (χ0n) is 11.4. The van der Waals surface area contributed by atoms with E-state index in [0.717, 1.165) is 5.56 Å². The van der Waals surface area contributed by atoms with Crippen molar-refractivity contribution in [3.63, 3.8) is 0 Å². The molecule has 0 spiro atoms. The van der Waals surface area contributed by atoms with Gasteiger partial charge in [0.2, 0.25) is 5.28 Å². The molecule has 0 fully saturated rings. The van der Waals surface area contributed by atoms with Crippen molar-refractivity contribution in [1.29, 1.82) is 0 Å². The second-order valence-electron chi connectivity index (χ2n) is 3.71. The number of benzene rings is 1. The molecule has 1 heterocycles. The van der Waals surface area contributed by atoms with Gasteiger partial charge in [0.25, 0.3) is 0 Å². The number of hydrogen-bond donors (Lipinski definition) is 0. The Labute approximate surface area is 124 Å². The van der Waals surface area contributed by atoms with Crippen LogP contribution in [0.4, 0.5) is 5.69 Å². The van der Waals surface area contributed by atoms with Gasteiger partial charge in [-0.05, 0) is 31.3 Å². The molecular formula is C16H16ClN3. The first kappa shape index (κ1) is 15.8. The lowest BCUT2D eigenvalue weighted by Gasteiger charge is -2.07. The van der Waals surface area contributed by atoms with E-state index in [1.807, 2.05) is 37.3 Å². The van der Waals surface area contributed by atoms with Gasteiger partial charge in [0.15, 0.2) is 0 Å². The second kappa shape index (κ2) is 8.02. The number of aliphatic imine (C=N–C) groups is 1. The molecule has 102 valence electrons. The second-order valence-corrected chi connectivity index (χ2v) is 4.05. The highest BCUT2D eigenvalue weighted by molar-refractivity contribution is 6.28. The van der Waals surface area contributed by atoms with Gasteiger partial charge >= 0.3 is 0 Å². The molecule has 0 radical (unpaired) electrons. The summed E-state index contributed by atoms with van der Waals surface area (Å²) in [6.07, 6.45) is 3.34. The lowest BCUT2D eigenvalue weighted by atomic mass is 10.1. The molecule has 0 aliphatic heterocycles. The molecule has 0 aliphatic rings. The Kier molecular flexibility index (Phi) is 6.33. The van der Waals surface area contributed by atoms with Crippen molar-refractivity contribution in [1.82, 2.24) is 9.97 Å². The van der Waals surface area contributed by atoms with Crippen molar-refractivity contribution in [3.05, 3.63) is 60.5 Å². The minimum Gasteiger partial charge on any atom is -0.260 e. The van der Waals surface area contributed by atoms with E-state index in [0.29, 0.717) is 17.1 Å². The number of aromatic nitrogens is 2. The maximum absolute atomic E-state index is 5.88. The van der Waals surface area contributed by atoms with E-state index >= 15 is 0 Å². The molecule has 0 aliphatic carbocycles. The first-order valence-electron chi connectivity index (χ1n) is 5.97. The van der Waals surface area contributed by atoms with Crippen molar-refractivity contribution < 1.29 is 0 Å². The van der Waals surface area contributed by atoms with E-state index in [1.165, 1.54) is 0 Å². The predicted molar refractivity (Wildman–Crippen MR) is 87.6 cm³/mol. The highest BCUT2D eigenvalue weighted by Crippen LogP contribution is 2.31. The van der Waals surface area contributed by atoms with Crippen LogP contribution < -0.4 is 0 Å². The molecule has 4 heteroatoms. The van der Waals surface area contributed by atoms with Gasteiger partial charge in [0.1, 0.15) is 11.4 Å². The van der Waals surface area contributed by atoms with Crippen molar-refractivity contribution >= 4 is 30.1 Å². The number of halogens is 1. The van der Waals surface area contributed by atoms with Gasteiger partial charge in [-0.2, -0.15) is 0 Å². The molecule has 0 bridgehead atoms. The molecule has 0 saturated heterocycles. The maximum atomic E-state index is 5.88. The summed E-state index contributed by atoms with van der Waals surface area (Å²) in [4.78, 5) is 12.2. The molecule has 3 nitrogen and oxygen atoms in total. The number of allylic oxidation sites excluding steroid dienone is 1. The van der Waals surface area contributed by atoms with Crippen LogP contribution >= 0.6 is 11.6 Å². The largest absolute Gasteiger partial charge is 0.260 e. The van der Waals surface area contributed by atoms with Gasteiger partial charge in [-0.3, -0.25) is 4.99 Å². The minimum atomic E-state index is 0.172. The van der Waals surface area contributed by atoms with Crippen LogP contribution in [-0.4, -0.2) is 16.7 Å². The molecule has 1 aromatic carbocycles. The molecule has 20 heavy (non-hydrogen) atoms. The zero-order chi connectivity index (χ0) is 15.0. The molecule has 2 rings (SSSR count). The van der Waals surface area contributed by atoms with Crippen LogP contribution in [0.25, 0.3) is 17.3 Å². The average molecular weight is 286 g/mol. The fraction of sp³-hybridized carbons (Fsp3) is 0.0625. The van der Waals surface area contributed by atoms with Crippen LogP contribution in [-0.2, 0) is 0 Å². The van der Waals surface area contributed by atoms with Crippen LogP contribution in [0, 0.1) is 0 Å². The van der Waals surface area contributed by atoms with E-state index in [9.17, 15) is 0 Å². The average Bonchev–Trinajstić information content (AvgIpc) is 2.48. The summed E-state index contributed by atoms with van der Waals surface area (Å²) in [5.41, 5.74) is 2.76. The molecule has 0 amide bonds. The van der Waals surface area contributed by atoms with E-state index in [-0.39, 0.29) is 5.28 Å². The summed E-state index contributed by atoms with van der Waals surface area (Å²) in [5, 5.41) is 0.172. The Bertz CT molecular complexity index is 607. The normalized spacial score (nSPS) is 9.10. The smallest absolute Gasteiger partial charge is 0.223 e. The number of hydrogen-bond acceptors (Lipinski definition) is 3. The summed E-state index contributed by atoms with van der Waals surface area (Å²) < 4.78 is 0. The fourth-order valence-electron chi connectivity index (χ4n) is 1.54. The van der Waals surface area contributed by atoms with Crippen molar-refractivity contribution in [2.45, 2.75) is 6.92 Å². The van der Waals surface area contributed by atoms with Crippen LogP contribution in [0.2, 0.25) is 5.28 Å². The van der Waals surface area contributed by atoms with Gasteiger partial charge < -0.3 is 0 Å².